The van der Waals surface area contributed by atoms with Crippen molar-refractivity contribution >= 4 is 22.9 Å². The van der Waals surface area contributed by atoms with Gasteiger partial charge in [-0.2, -0.15) is 11.3 Å². The standard InChI is InChI=1S/C9H14ClNS/c1-8(5-10)11(2)6-9-3-4-12-7-9/h3-4,7-8H,5-6H2,1-2H3. The van der Waals surface area contributed by atoms with Crippen LogP contribution in [0.4, 0.5) is 0 Å². The smallest absolute Gasteiger partial charge is 0.0376 e. The molecule has 1 aromatic heterocycles. The number of alkyl halides is 1. The van der Waals surface area contributed by atoms with Crippen LogP contribution in [0, 0.1) is 0 Å². The summed E-state index contributed by atoms with van der Waals surface area (Å²) in [6.45, 7) is 3.14. The number of nitrogens with zero attached hydrogens (tertiary/aromatic N) is 1. The van der Waals surface area contributed by atoms with E-state index in [0.29, 0.717) is 11.9 Å². The Labute approximate surface area is 83.0 Å². The van der Waals surface area contributed by atoms with Crippen molar-refractivity contribution < 1.29 is 0 Å². The van der Waals surface area contributed by atoms with Crippen LogP contribution in [0.2, 0.25) is 0 Å². The van der Waals surface area contributed by atoms with Crippen LogP contribution in [0.5, 0.6) is 0 Å². The van der Waals surface area contributed by atoms with Gasteiger partial charge in [-0.3, -0.25) is 4.90 Å². The van der Waals surface area contributed by atoms with Gasteiger partial charge in [-0.25, -0.2) is 0 Å². The van der Waals surface area contributed by atoms with E-state index in [9.17, 15) is 0 Å². The van der Waals surface area contributed by atoms with Gasteiger partial charge < -0.3 is 0 Å². The van der Waals surface area contributed by atoms with Crippen molar-refractivity contribution in [2.75, 3.05) is 12.9 Å². The fraction of sp³-hybridized carbons (Fsp3) is 0.556. The van der Waals surface area contributed by atoms with Crippen molar-refractivity contribution in [3.05, 3.63) is 22.4 Å². The normalized spacial score (nSPS) is 13.7. The van der Waals surface area contributed by atoms with Crippen molar-refractivity contribution in [2.24, 2.45) is 0 Å². The predicted molar refractivity (Wildman–Crippen MR) is 56.0 cm³/mol. The summed E-state index contributed by atoms with van der Waals surface area (Å²) in [6, 6.07) is 2.61. The summed E-state index contributed by atoms with van der Waals surface area (Å²) in [5.74, 6) is 0.695. The molecule has 0 aromatic carbocycles. The highest BCUT2D eigenvalue weighted by atomic mass is 35.5. The highest BCUT2D eigenvalue weighted by molar-refractivity contribution is 7.07. The number of hydrogen-bond acceptors (Lipinski definition) is 2. The summed E-state index contributed by atoms with van der Waals surface area (Å²) in [7, 11) is 2.10. The lowest BCUT2D eigenvalue weighted by molar-refractivity contribution is 0.269. The van der Waals surface area contributed by atoms with E-state index >= 15 is 0 Å². The Bertz CT molecular complexity index is 210. The monoisotopic (exact) mass is 203 g/mol. The maximum absolute atomic E-state index is 5.75. The van der Waals surface area contributed by atoms with E-state index in [0.717, 1.165) is 6.54 Å². The van der Waals surface area contributed by atoms with E-state index in [2.05, 4.69) is 35.7 Å². The first kappa shape index (κ1) is 10.0. The fourth-order valence-electron chi connectivity index (χ4n) is 0.944. The molecule has 1 atom stereocenters. The van der Waals surface area contributed by atoms with Crippen molar-refractivity contribution in [1.29, 1.82) is 0 Å². The average Bonchev–Trinajstić information content (AvgIpc) is 2.55. The molecule has 1 nitrogen and oxygen atoms in total. The Balaban J connectivity index is 2.41. The van der Waals surface area contributed by atoms with Gasteiger partial charge >= 0.3 is 0 Å². The molecule has 0 fully saturated rings. The van der Waals surface area contributed by atoms with E-state index in [-0.39, 0.29) is 0 Å². The Morgan fingerprint density at radius 1 is 1.67 bits per heavy atom. The van der Waals surface area contributed by atoms with E-state index in [1.807, 2.05) is 0 Å². The van der Waals surface area contributed by atoms with Gasteiger partial charge in [0.1, 0.15) is 0 Å². The minimum Gasteiger partial charge on any atom is -0.298 e. The van der Waals surface area contributed by atoms with E-state index < -0.39 is 0 Å². The lowest BCUT2D eigenvalue weighted by Gasteiger charge is -2.21. The molecule has 0 aliphatic rings. The molecule has 68 valence electrons. The Kier molecular flexibility index (Phi) is 4.06. The molecule has 12 heavy (non-hydrogen) atoms. The Hall–Kier alpha value is -0.0500. The van der Waals surface area contributed by atoms with Crippen LogP contribution in [0.1, 0.15) is 12.5 Å². The van der Waals surface area contributed by atoms with Gasteiger partial charge in [-0.15, -0.1) is 11.6 Å². The van der Waals surface area contributed by atoms with Crippen LogP contribution in [-0.4, -0.2) is 23.9 Å². The Morgan fingerprint density at radius 2 is 2.42 bits per heavy atom. The first-order valence-corrected chi connectivity index (χ1v) is 5.49. The molecule has 0 bridgehead atoms. The van der Waals surface area contributed by atoms with Crippen LogP contribution in [0.15, 0.2) is 16.8 Å². The summed E-state index contributed by atoms with van der Waals surface area (Å²) in [5.41, 5.74) is 1.37. The number of rotatable bonds is 4. The predicted octanol–water partition coefficient (Wildman–Crippen LogP) is 2.81. The van der Waals surface area contributed by atoms with Crippen LogP contribution in [0.3, 0.4) is 0 Å². The third-order valence-corrected chi connectivity index (χ3v) is 3.17. The second-order valence-corrected chi connectivity index (χ2v) is 4.14. The molecule has 0 spiro atoms. The lowest BCUT2D eigenvalue weighted by atomic mass is 10.3. The van der Waals surface area contributed by atoms with E-state index in [1.54, 1.807) is 11.3 Å². The zero-order chi connectivity index (χ0) is 8.97. The summed E-state index contributed by atoms with van der Waals surface area (Å²) in [6.07, 6.45) is 0. The zero-order valence-corrected chi connectivity index (χ0v) is 9.03. The van der Waals surface area contributed by atoms with Gasteiger partial charge in [0.15, 0.2) is 0 Å². The van der Waals surface area contributed by atoms with Crippen LogP contribution < -0.4 is 0 Å². The van der Waals surface area contributed by atoms with Gasteiger partial charge in [-0.05, 0) is 36.4 Å². The zero-order valence-electron chi connectivity index (χ0n) is 7.46. The van der Waals surface area contributed by atoms with E-state index in [1.165, 1.54) is 5.56 Å². The quantitative estimate of drug-likeness (QED) is 0.681. The summed E-state index contributed by atoms with van der Waals surface area (Å²) < 4.78 is 0. The molecule has 0 N–H and O–H groups in total. The molecule has 0 saturated heterocycles. The maximum Gasteiger partial charge on any atom is 0.0376 e. The second kappa shape index (κ2) is 4.85. The third-order valence-electron chi connectivity index (χ3n) is 1.99. The lowest BCUT2D eigenvalue weighted by Crippen LogP contribution is -2.29. The topological polar surface area (TPSA) is 3.24 Å². The second-order valence-electron chi connectivity index (χ2n) is 3.05. The molecule has 0 aliphatic carbocycles. The molecule has 3 heteroatoms. The Morgan fingerprint density at radius 3 is 2.92 bits per heavy atom. The van der Waals surface area contributed by atoms with E-state index in [4.69, 9.17) is 11.6 Å². The van der Waals surface area contributed by atoms with Gasteiger partial charge in [0, 0.05) is 18.5 Å². The number of thiophene rings is 1. The first-order chi connectivity index (χ1) is 5.74. The molecule has 1 aromatic rings. The minimum absolute atomic E-state index is 0.451. The van der Waals surface area contributed by atoms with Crippen molar-refractivity contribution in [2.45, 2.75) is 19.5 Å². The molecule has 1 rings (SSSR count). The summed E-state index contributed by atoms with van der Waals surface area (Å²) in [5, 5.41) is 4.28. The molecule has 0 saturated carbocycles. The molecular formula is C9H14ClNS. The molecule has 1 heterocycles. The van der Waals surface area contributed by atoms with Crippen molar-refractivity contribution in [3.8, 4) is 0 Å². The van der Waals surface area contributed by atoms with Gasteiger partial charge in [0.2, 0.25) is 0 Å². The van der Waals surface area contributed by atoms with Crippen molar-refractivity contribution in [3.63, 3.8) is 0 Å². The highest BCUT2D eigenvalue weighted by Crippen LogP contribution is 2.10. The van der Waals surface area contributed by atoms with Gasteiger partial charge in [0.25, 0.3) is 0 Å². The molecule has 0 radical (unpaired) electrons. The molecule has 0 aliphatic heterocycles. The summed E-state index contributed by atoms with van der Waals surface area (Å²) in [4.78, 5) is 2.26. The first-order valence-electron chi connectivity index (χ1n) is 4.01. The average molecular weight is 204 g/mol. The largest absolute Gasteiger partial charge is 0.298 e. The van der Waals surface area contributed by atoms with Gasteiger partial charge in [-0.1, -0.05) is 0 Å². The SMILES string of the molecule is CC(CCl)N(C)Cc1ccsc1. The van der Waals surface area contributed by atoms with Crippen LogP contribution >= 0.6 is 22.9 Å². The van der Waals surface area contributed by atoms with Crippen LogP contribution in [-0.2, 0) is 6.54 Å². The fourth-order valence-corrected chi connectivity index (χ4v) is 1.84. The maximum atomic E-state index is 5.75. The molecule has 0 amide bonds. The highest BCUT2D eigenvalue weighted by Gasteiger charge is 2.07. The molecule has 1 unspecified atom stereocenters. The van der Waals surface area contributed by atoms with Crippen molar-refractivity contribution in [1.82, 2.24) is 4.90 Å². The molecular weight excluding hydrogens is 190 g/mol. The van der Waals surface area contributed by atoms with Crippen LogP contribution in [0.25, 0.3) is 0 Å². The number of hydrogen-bond donors (Lipinski definition) is 0. The third kappa shape index (κ3) is 2.77. The van der Waals surface area contributed by atoms with Gasteiger partial charge in [0.05, 0.1) is 0 Å². The number of halogens is 1. The summed E-state index contributed by atoms with van der Waals surface area (Å²) >= 11 is 7.49. The minimum atomic E-state index is 0.451.